The molecule has 0 radical (unpaired) electrons. The standard InChI is InChI=1S/C16H21N5O3/c1-9-13(23-10(2)17-9)16(22)21-7-6-20(3)12(8-21)15-18-14(19-24-15)11-4-5-11/h11-12H,4-8H2,1-3H3/t12-/m1/s1. The van der Waals surface area contributed by atoms with Crippen molar-refractivity contribution in [2.45, 2.75) is 38.6 Å². The van der Waals surface area contributed by atoms with Crippen molar-refractivity contribution < 1.29 is 13.7 Å². The van der Waals surface area contributed by atoms with E-state index in [0.29, 0.717) is 42.2 Å². The van der Waals surface area contributed by atoms with Gasteiger partial charge in [-0.15, -0.1) is 0 Å². The van der Waals surface area contributed by atoms with Crippen LogP contribution in [-0.2, 0) is 0 Å². The highest BCUT2D eigenvalue weighted by molar-refractivity contribution is 5.92. The Labute approximate surface area is 139 Å². The van der Waals surface area contributed by atoms with Crippen LogP contribution in [0.2, 0.25) is 0 Å². The van der Waals surface area contributed by atoms with Crippen LogP contribution in [0.1, 0.15) is 58.7 Å². The van der Waals surface area contributed by atoms with Crippen LogP contribution in [0.3, 0.4) is 0 Å². The molecule has 1 saturated heterocycles. The van der Waals surface area contributed by atoms with E-state index in [4.69, 9.17) is 8.94 Å². The highest BCUT2D eigenvalue weighted by Gasteiger charge is 2.36. The van der Waals surface area contributed by atoms with Crippen molar-refractivity contribution in [2.24, 2.45) is 0 Å². The second-order valence-corrected chi connectivity index (χ2v) is 6.66. The molecule has 3 heterocycles. The molecule has 2 aromatic rings. The molecule has 0 aromatic carbocycles. The zero-order chi connectivity index (χ0) is 16.8. The lowest BCUT2D eigenvalue weighted by Gasteiger charge is -2.37. The van der Waals surface area contributed by atoms with Gasteiger partial charge in [-0.1, -0.05) is 5.16 Å². The fraction of sp³-hybridized carbons (Fsp3) is 0.625. The summed E-state index contributed by atoms with van der Waals surface area (Å²) in [6.45, 7) is 5.41. The number of carbonyl (C=O) groups is 1. The predicted molar refractivity (Wildman–Crippen MR) is 83.5 cm³/mol. The van der Waals surface area contributed by atoms with Crippen molar-refractivity contribution in [3.63, 3.8) is 0 Å². The van der Waals surface area contributed by atoms with Gasteiger partial charge >= 0.3 is 0 Å². The molecule has 0 bridgehead atoms. The van der Waals surface area contributed by atoms with Crippen molar-refractivity contribution in [1.82, 2.24) is 24.9 Å². The SMILES string of the molecule is Cc1nc(C)c(C(=O)N2CCN(C)[C@@H](c3nc(C4CC4)no3)C2)o1. The van der Waals surface area contributed by atoms with E-state index in [9.17, 15) is 4.79 Å². The third-order valence-corrected chi connectivity index (χ3v) is 4.72. The normalized spacial score (nSPS) is 22.1. The summed E-state index contributed by atoms with van der Waals surface area (Å²) in [4.78, 5) is 25.4. The molecule has 2 fully saturated rings. The van der Waals surface area contributed by atoms with Gasteiger partial charge in [-0.2, -0.15) is 4.98 Å². The Morgan fingerprint density at radius 3 is 2.67 bits per heavy atom. The molecule has 0 N–H and O–H groups in total. The Balaban J connectivity index is 1.53. The summed E-state index contributed by atoms with van der Waals surface area (Å²) in [6, 6.07) is -0.0907. The molecule has 8 heteroatoms. The predicted octanol–water partition coefficient (Wildman–Crippen LogP) is 1.68. The van der Waals surface area contributed by atoms with Crippen molar-refractivity contribution in [3.05, 3.63) is 29.1 Å². The monoisotopic (exact) mass is 331 g/mol. The van der Waals surface area contributed by atoms with E-state index in [0.717, 1.165) is 25.2 Å². The molecular weight excluding hydrogens is 310 g/mol. The molecule has 2 aromatic heterocycles. The molecule has 1 saturated carbocycles. The molecule has 8 nitrogen and oxygen atoms in total. The average molecular weight is 331 g/mol. The number of carbonyl (C=O) groups excluding carboxylic acids is 1. The number of rotatable bonds is 3. The largest absolute Gasteiger partial charge is 0.436 e. The minimum absolute atomic E-state index is 0.0907. The highest BCUT2D eigenvalue weighted by Crippen LogP contribution is 2.38. The fourth-order valence-corrected chi connectivity index (χ4v) is 3.09. The van der Waals surface area contributed by atoms with Gasteiger partial charge in [-0.25, -0.2) is 4.98 Å². The lowest BCUT2D eigenvalue weighted by Crippen LogP contribution is -2.49. The summed E-state index contributed by atoms with van der Waals surface area (Å²) in [5, 5.41) is 4.09. The van der Waals surface area contributed by atoms with Crippen LogP contribution >= 0.6 is 0 Å². The lowest BCUT2D eigenvalue weighted by molar-refractivity contribution is 0.0460. The van der Waals surface area contributed by atoms with Crippen molar-refractivity contribution >= 4 is 5.91 Å². The zero-order valence-corrected chi connectivity index (χ0v) is 14.2. The van der Waals surface area contributed by atoms with Gasteiger partial charge in [0.15, 0.2) is 11.7 Å². The number of piperazine rings is 1. The minimum atomic E-state index is -0.131. The molecule has 4 rings (SSSR count). The van der Waals surface area contributed by atoms with E-state index in [1.165, 1.54) is 0 Å². The van der Waals surface area contributed by atoms with Crippen LogP contribution in [0.15, 0.2) is 8.94 Å². The Morgan fingerprint density at radius 1 is 1.21 bits per heavy atom. The summed E-state index contributed by atoms with van der Waals surface area (Å²) in [6.07, 6.45) is 2.27. The summed E-state index contributed by atoms with van der Waals surface area (Å²) in [7, 11) is 2.01. The van der Waals surface area contributed by atoms with Gasteiger partial charge in [-0.3, -0.25) is 9.69 Å². The van der Waals surface area contributed by atoms with Gasteiger partial charge in [0, 0.05) is 32.5 Å². The van der Waals surface area contributed by atoms with E-state index < -0.39 is 0 Å². The molecule has 1 amide bonds. The summed E-state index contributed by atoms with van der Waals surface area (Å²) >= 11 is 0. The number of hydrogen-bond acceptors (Lipinski definition) is 7. The van der Waals surface area contributed by atoms with Crippen LogP contribution in [0.4, 0.5) is 0 Å². The van der Waals surface area contributed by atoms with Crippen molar-refractivity contribution in [1.29, 1.82) is 0 Å². The Kier molecular flexibility index (Phi) is 3.64. The van der Waals surface area contributed by atoms with Gasteiger partial charge in [0.1, 0.15) is 6.04 Å². The van der Waals surface area contributed by atoms with Crippen molar-refractivity contribution in [3.8, 4) is 0 Å². The molecule has 0 spiro atoms. The summed E-state index contributed by atoms with van der Waals surface area (Å²) < 4.78 is 10.9. The number of likely N-dealkylation sites (N-methyl/N-ethyl adjacent to an activating group) is 1. The fourth-order valence-electron chi connectivity index (χ4n) is 3.09. The number of amides is 1. The van der Waals surface area contributed by atoms with E-state index in [-0.39, 0.29) is 11.9 Å². The van der Waals surface area contributed by atoms with E-state index >= 15 is 0 Å². The molecule has 2 aliphatic rings. The number of aryl methyl sites for hydroxylation is 2. The Morgan fingerprint density at radius 2 is 2.00 bits per heavy atom. The molecule has 0 unspecified atom stereocenters. The maximum Gasteiger partial charge on any atom is 0.291 e. The van der Waals surface area contributed by atoms with E-state index in [1.54, 1.807) is 18.7 Å². The zero-order valence-electron chi connectivity index (χ0n) is 14.2. The lowest BCUT2D eigenvalue weighted by atomic mass is 10.1. The first-order valence-electron chi connectivity index (χ1n) is 8.30. The first-order chi connectivity index (χ1) is 11.5. The first kappa shape index (κ1) is 15.3. The van der Waals surface area contributed by atoms with Gasteiger partial charge in [0.2, 0.25) is 11.7 Å². The highest BCUT2D eigenvalue weighted by atomic mass is 16.5. The number of nitrogens with zero attached hydrogens (tertiary/aromatic N) is 5. The van der Waals surface area contributed by atoms with E-state index in [2.05, 4.69) is 20.0 Å². The summed E-state index contributed by atoms with van der Waals surface area (Å²) in [5.74, 6) is 2.53. The molecule has 1 aliphatic carbocycles. The van der Waals surface area contributed by atoms with Gasteiger partial charge < -0.3 is 13.8 Å². The second-order valence-electron chi connectivity index (χ2n) is 6.66. The van der Waals surface area contributed by atoms with Crippen molar-refractivity contribution in [2.75, 3.05) is 26.7 Å². The van der Waals surface area contributed by atoms with Gasteiger partial charge in [0.05, 0.1) is 5.69 Å². The maximum absolute atomic E-state index is 12.7. The molecule has 1 atom stereocenters. The van der Waals surface area contributed by atoms with Crippen LogP contribution in [0, 0.1) is 13.8 Å². The topological polar surface area (TPSA) is 88.5 Å². The van der Waals surface area contributed by atoms with Crippen LogP contribution in [-0.4, -0.2) is 57.5 Å². The molecule has 1 aliphatic heterocycles. The Hall–Kier alpha value is -2.22. The maximum atomic E-state index is 12.7. The minimum Gasteiger partial charge on any atom is -0.436 e. The van der Waals surface area contributed by atoms with Gasteiger partial charge in [-0.05, 0) is 26.8 Å². The molecular formula is C16H21N5O3. The third-order valence-electron chi connectivity index (χ3n) is 4.72. The number of aromatic nitrogens is 3. The first-order valence-corrected chi connectivity index (χ1v) is 8.30. The smallest absolute Gasteiger partial charge is 0.291 e. The Bertz CT molecular complexity index is 764. The molecule has 128 valence electrons. The number of oxazole rings is 1. The van der Waals surface area contributed by atoms with Crippen LogP contribution < -0.4 is 0 Å². The second kappa shape index (κ2) is 5.70. The summed E-state index contributed by atoms with van der Waals surface area (Å²) in [5.41, 5.74) is 0.627. The number of hydrogen-bond donors (Lipinski definition) is 0. The average Bonchev–Trinajstić information content (AvgIpc) is 3.19. The van der Waals surface area contributed by atoms with E-state index in [1.807, 2.05) is 7.05 Å². The van der Waals surface area contributed by atoms with Crippen LogP contribution in [0.25, 0.3) is 0 Å². The third kappa shape index (κ3) is 2.71. The molecule has 24 heavy (non-hydrogen) atoms. The van der Waals surface area contributed by atoms with Crippen LogP contribution in [0.5, 0.6) is 0 Å². The van der Waals surface area contributed by atoms with Gasteiger partial charge in [0.25, 0.3) is 5.91 Å². The quantitative estimate of drug-likeness (QED) is 0.845.